The van der Waals surface area contributed by atoms with Crippen molar-refractivity contribution >= 4 is 27.7 Å². The molecule has 5 aromatic heterocycles. The molecule has 0 bridgehead atoms. The fourth-order valence-corrected chi connectivity index (χ4v) is 10.5. The highest BCUT2D eigenvalue weighted by molar-refractivity contribution is 6.00. The molecule has 2 aliphatic heterocycles. The highest BCUT2D eigenvalue weighted by atomic mass is 19.4. The van der Waals surface area contributed by atoms with Gasteiger partial charge in [-0.15, -0.1) is 0 Å². The number of nitrogens with one attached hydrogen (secondary N) is 1. The van der Waals surface area contributed by atoms with Crippen LogP contribution in [-0.2, 0) is 23.2 Å². The Bertz CT molecular complexity index is 3360. The lowest BCUT2D eigenvalue weighted by atomic mass is 9.91. The number of rotatable bonds is 8. The third kappa shape index (κ3) is 6.56. The lowest BCUT2D eigenvalue weighted by Gasteiger charge is -2.34. The lowest BCUT2D eigenvalue weighted by molar-refractivity contribution is -0.141. The van der Waals surface area contributed by atoms with Gasteiger partial charge in [0, 0.05) is 60.4 Å². The van der Waals surface area contributed by atoms with Gasteiger partial charge in [-0.3, -0.25) is 28.1 Å². The molecule has 3 aromatic carbocycles. The molecule has 15 nitrogen and oxygen atoms in total. The van der Waals surface area contributed by atoms with Crippen LogP contribution in [0.5, 0.6) is 0 Å². The molecule has 1 saturated carbocycles. The first-order valence-electron chi connectivity index (χ1n) is 21.9. The van der Waals surface area contributed by atoms with E-state index in [0.717, 1.165) is 34.0 Å². The van der Waals surface area contributed by atoms with Crippen molar-refractivity contribution in [2.75, 3.05) is 19.8 Å². The molecule has 7 heterocycles. The van der Waals surface area contributed by atoms with E-state index < -0.39 is 35.7 Å². The number of amides is 1. The van der Waals surface area contributed by atoms with Crippen LogP contribution in [0.2, 0.25) is 0 Å². The van der Waals surface area contributed by atoms with Crippen molar-refractivity contribution < 1.29 is 31.6 Å². The predicted molar refractivity (Wildman–Crippen MR) is 233 cm³/mol. The minimum Gasteiger partial charge on any atom is -0.381 e. The van der Waals surface area contributed by atoms with E-state index >= 15 is 9.18 Å². The van der Waals surface area contributed by atoms with Crippen molar-refractivity contribution in [1.29, 1.82) is 0 Å². The number of halogens is 4. The Morgan fingerprint density at radius 1 is 0.924 bits per heavy atom. The second-order valence-corrected chi connectivity index (χ2v) is 17.9. The van der Waals surface area contributed by atoms with Gasteiger partial charge in [-0.25, -0.2) is 18.7 Å². The molecular formula is C47H44F4N10O5. The van der Waals surface area contributed by atoms with Gasteiger partial charge in [-0.1, -0.05) is 18.1 Å². The maximum atomic E-state index is 15.5. The molecule has 3 atom stereocenters. The molecule has 1 saturated heterocycles. The number of hydrogen-bond donors (Lipinski definition) is 1. The first-order valence-corrected chi connectivity index (χ1v) is 21.9. The second-order valence-electron chi connectivity index (χ2n) is 17.9. The Morgan fingerprint density at radius 3 is 2.35 bits per heavy atom. The summed E-state index contributed by atoms with van der Waals surface area (Å²) in [6.45, 7) is 7.61. The maximum absolute atomic E-state index is 15.5. The highest BCUT2D eigenvalue weighted by Crippen LogP contribution is 2.56. The molecule has 0 radical (unpaired) electrons. The number of nitrogens with zero attached hydrogens (tertiary/aromatic N) is 9. The number of aromatic nitrogens is 9. The zero-order valence-corrected chi connectivity index (χ0v) is 36.4. The number of H-pyrrole nitrogens is 1. The van der Waals surface area contributed by atoms with Gasteiger partial charge in [0.15, 0.2) is 5.82 Å². The minimum absolute atomic E-state index is 0.0129. The number of imidazole rings is 1. The molecule has 1 amide bonds. The molecule has 19 heteroatoms. The van der Waals surface area contributed by atoms with Crippen LogP contribution in [-0.4, -0.2) is 80.1 Å². The van der Waals surface area contributed by atoms with Gasteiger partial charge in [-0.05, 0) is 117 Å². The fraction of sp³-hybridized carbons (Fsp3) is 0.362. The van der Waals surface area contributed by atoms with E-state index in [1.807, 2.05) is 30.5 Å². The number of alkyl halides is 3. The van der Waals surface area contributed by atoms with E-state index in [4.69, 9.17) is 14.4 Å². The molecule has 11 rings (SSSR count). The van der Waals surface area contributed by atoms with E-state index in [-0.39, 0.29) is 29.7 Å². The van der Waals surface area contributed by atoms with E-state index in [9.17, 15) is 22.8 Å². The largest absolute Gasteiger partial charge is 0.438 e. The van der Waals surface area contributed by atoms with Crippen LogP contribution in [0.4, 0.5) is 17.6 Å². The number of ether oxygens (including phenoxy) is 1. The fourth-order valence-electron chi connectivity index (χ4n) is 10.5. The molecule has 340 valence electrons. The Kier molecular flexibility index (Phi) is 9.48. The first-order chi connectivity index (χ1) is 31.6. The number of carbonyl (C=O) groups excluding carboxylic acids is 1. The molecule has 0 unspecified atom stereocenters. The van der Waals surface area contributed by atoms with Gasteiger partial charge in [0.05, 0.1) is 34.8 Å². The maximum Gasteiger partial charge on any atom is 0.438 e. The summed E-state index contributed by atoms with van der Waals surface area (Å²) in [4.78, 5) is 47.1. The van der Waals surface area contributed by atoms with Gasteiger partial charge >= 0.3 is 17.6 Å². The van der Waals surface area contributed by atoms with Crippen molar-refractivity contribution in [3.8, 4) is 17.2 Å². The Balaban J connectivity index is 1.04. The van der Waals surface area contributed by atoms with Gasteiger partial charge < -0.3 is 14.2 Å². The van der Waals surface area contributed by atoms with E-state index in [2.05, 4.69) is 27.4 Å². The normalized spacial score (nSPS) is 20.2. The molecule has 2 fully saturated rings. The third-order valence-corrected chi connectivity index (χ3v) is 13.9. The number of benzene rings is 3. The van der Waals surface area contributed by atoms with Crippen LogP contribution >= 0.6 is 0 Å². The molecule has 3 aliphatic rings. The van der Waals surface area contributed by atoms with Crippen molar-refractivity contribution in [3.63, 3.8) is 0 Å². The van der Waals surface area contributed by atoms with Gasteiger partial charge in [-0.2, -0.15) is 23.4 Å². The summed E-state index contributed by atoms with van der Waals surface area (Å²) in [5.41, 5.74) is 4.14. The predicted octanol–water partition coefficient (Wildman–Crippen LogP) is 7.55. The standard InChI is InChI=1S/C47H44F4N10O5/c1-25-17-34(18-26(2)40(25)48)61-41(58-14-13-57(45(58)64)33-6-8-36-32(20-33)23-52-59(36)24-47(49,50)51)39-28(4)56(12-9-35(39)54-61)42(62)38-21-31-19-30(29-10-15-65-16-11-29)5-7-37(31)60(38)46(22-27(46)3)43-53-44(63)66-55-43/h5-8,13-14,17-21,23,27-29H,9-12,15-16,22,24H2,1-4H3,(H,53,55,63)/t27-,28-,46-/m0/s1. The topological polar surface area (TPSA) is 156 Å². The summed E-state index contributed by atoms with van der Waals surface area (Å²) < 4.78 is 72.9. The second kappa shape index (κ2) is 15.0. The van der Waals surface area contributed by atoms with Gasteiger partial charge in [0.1, 0.15) is 29.4 Å². The van der Waals surface area contributed by atoms with Crippen LogP contribution in [0.3, 0.4) is 0 Å². The van der Waals surface area contributed by atoms with E-state index in [1.54, 1.807) is 60.1 Å². The van der Waals surface area contributed by atoms with Crippen molar-refractivity contribution in [2.45, 2.75) is 83.6 Å². The highest BCUT2D eigenvalue weighted by Gasteiger charge is 2.59. The van der Waals surface area contributed by atoms with Crippen molar-refractivity contribution in [1.82, 2.24) is 48.3 Å². The number of aromatic amines is 1. The van der Waals surface area contributed by atoms with E-state index in [0.29, 0.717) is 88.5 Å². The summed E-state index contributed by atoms with van der Waals surface area (Å²) in [5.74, 6) is -0.368. The third-order valence-electron chi connectivity index (χ3n) is 13.9. The van der Waals surface area contributed by atoms with Crippen LogP contribution in [0.15, 0.2) is 87.3 Å². The average molecular weight is 905 g/mol. The Hall–Kier alpha value is -7.02. The molecule has 8 aromatic rings. The molecule has 0 spiro atoms. The smallest absolute Gasteiger partial charge is 0.381 e. The zero-order valence-electron chi connectivity index (χ0n) is 36.4. The number of carbonyl (C=O) groups is 1. The summed E-state index contributed by atoms with van der Waals surface area (Å²) in [6, 6.07) is 15.5. The summed E-state index contributed by atoms with van der Waals surface area (Å²) >= 11 is 0. The summed E-state index contributed by atoms with van der Waals surface area (Å²) in [7, 11) is 0. The number of hydrogen-bond acceptors (Lipinski definition) is 8. The molecule has 1 aliphatic carbocycles. The quantitative estimate of drug-likeness (QED) is 0.153. The zero-order chi connectivity index (χ0) is 46.0. The van der Waals surface area contributed by atoms with Crippen LogP contribution in [0.25, 0.3) is 39.0 Å². The Morgan fingerprint density at radius 2 is 1.65 bits per heavy atom. The van der Waals surface area contributed by atoms with Crippen molar-refractivity contribution in [2.24, 2.45) is 5.92 Å². The monoisotopic (exact) mass is 904 g/mol. The van der Waals surface area contributed by atoms with Crippen molar-refractivity contribution in [3.05, 3.63) is 140 Å². The summed E-state index contributed by atoms with van der Waals surface area (Å²) in [5, 5.41) is 14.4. The van der Waals surface area contributed by atoms with Crippen LogP contribution < -0.4 is 11.4 Å². The number of fused-ring (bicyclic) bond motifs is 3. The van der Waals surface area contributed by atoms with Crippen LogP contribution in [0.1, 0.15) is 89.3 Å². The molecular weight excluding hydrogens is 861 g/mol. The van der Waals surface area contributed by atoms with Gasteiger partial charge in [0.2, 0.25) is 0 Å². The SMILES string of the molecule is Cc1cc(-n2nc3c(c2-n2ccn(-c4ccc5c(cnn5CC(F)(F)F)c4)c2=O)[C@H](C)N(C(=O)c2cc4cc(C5CCOCC5)ccc4n2[C@@]2(c4noc(=O)[nH]4)C[C@@H]2C)CC3)cc(C)c1F. The molecule has 66 heavy (non-hydrogen) atoms. The summed E-state index contributed by atoms with van der Waals surface area (Å²) in [6.07, 6.45) is 2.68. The lowest BCUT2D eigenvalue weighted by Crippen LogP contribution is -2.41. The van der Waals surface area contributed by atoms with Crippen LogP contribution in [0, 0.1) is 25.6 Å². The van der Waals surface area contributed by atoms with E-state index in [1.165, 1.54) is 21.4 Å². The minimum atomic E-state index is -4.48. The average Bonchev–Trinajstić information content (AvgIpc) is 3.93. The molecule has 1 N–H and O–H groups in total. The number of aryl methyl sites for hydroxylation is 2. The van der Waals surface area contributed by atoms with Gasteiger partial charge in [0.25, 0.3) is 5.91 Å². The first kappa shape index (κ1) is 41.7. The Labute approximate surface area is 372 Å².